The molecule has 114 valence electrons. The fourth-order valence-electron chi connectivity index (χ4n) is 2.08. The summed E-state index contributed by atoms with van der Waals surface area (Å²) in [6.45, 7) is 2.81. The van der Waals surface area contributed by atoms with Crippen molar-refractivity contribution in [3.05, 3.63) is 62.9 Å². The Morgan fingerprint density at radius 1 is 1.23 bits per heavy atom. The van der Waals surface area contributed by atoms with Crippen molar-refractivity contribution in [2.24, 2.45) is 0 Å². The predicted molar refractivity (Wildman–Crippen MR) is 81.9 cm³/mol. The number of rotatable bonds is 6. The minimum absolute atomic E-state index is 0.0228. The zero-order valence-corrected chi connectivity index (χ0v) is 12.4. The van der Waals surface area contributed by atoms with E-state index in [1.807, 2.05) is 36.4 Å². The molecule has 2 aromatic rings. The van der Waals surface area contributed by atoms with Crippen molar-refractivity contribution in [3.63, 3.8) is 0 Å². The number of para-hydroxylation sites is 1. The maximum absolute atomic E-state index is 12.1. The largest absolute Gasteiger partial charge is 0.494 e. The summed E-state index contributed by atoms with van der Waals surface area (Å²) < 4.78 is 7.98. The van der Waals surface area contributed by atoms with E-state index in [-0.39, 0.29) is 12.1 Å². The number of aryl methyl sites for hydroxylation is 1. The molecule has 0 radical (unpaired) electrons. The average Bonchev–Trinajstić information content (AvgIpc) is 2.55. The van der Waals surface area contributed by atoms with E-state index >= 15 is 0 Å². The molecule has 0 atom stereocenters. The molecule has 0 bridgehead atoms. The van der Waals surface area contributed by atoms with E-state index in [1.54, 1.807) is 6.92 Å². The van der Waals surface area contributed by atoms with E-state index in [4.69, 9.17) is 10.00 Å². The second-order valence-corrected chi connectivity index (χ2v) is 4.70. The molecule has 22 heavy (non-hydrogen) atoms. The molecular formula is C16H17N3O3. The Hall–Kier alpha value is -2.81. The number of hydrogen-bond donors (Lipinski definition) is 0. The third-order valence-corrected chi connectivity index (χ3v) is 3.24. The highest BCUT2D eigenvalue weighted by Gasteiger charge is 2.10. The van der Waals surface area contributed by atoms with Crippen LogP contribution in [0.4, 0.5) is 0 Å². The van der Waals surface area contributed by atoms with Crippen LogP contribution in [0.2, 0.25) is 0 Å². The van der Waals surface area contributed by atoms with Gasteiger partial charge in [0.2, 0.25) is 0 Å². The fourth-order valence-corrected chi connectivity index (χ4v) is 2.08. The number of benzene rings is 1. The van der Waals surface area contributed by atoms with Crippen LogP contribution < -0.4 is 16.0 Å². The molecular weight excluding hydrogens is 282 g/mol. The van der Waals surface area contributed by atoms with Crippen molar-refractivity contribution in [3.8, 4) is 11.8 Å². The first-order chi connectivity index (χ1) is 10.7. The molecule has 0 aliphatic carbocycles. The lowest BCUT2D eigenvalue weighted by atomic mass is 10.3. The molecule has 0 fully saturated rings. The summed E-state index contributed by atoms with van der Waals surface area (Å²) in [7, 11) is 0. The Labute approximate surface area is 127 Å². The minimum atomic E-state index is -0.545. The Morgan fingerprint density at radius 3 is 2.59 bits per heavy atom. The molecule has 0 N–H and O–H groups in total. The molecule has 0 saturated heterocycles. The zero-order valence-electron chi connectivity index (χ0n) is 12.4. The Kier molecular flexibility index (Phi) is 5.15. The van der Waals surface area contributed by atoms with Gasteiger partial charge in [0.25, 0.3) is 5.56 Å². The van der Waals surface area contributed by atoms with Gasteiger partial charge in [-0.05, 0) is 25.5 Å². The van der Waals surface area contributed by atoms with Gasteiger partial charge in [0.1, 0.15) is 17.4 Å². The van der Waals surface area contributed by atoms with E-state index in [0.29, 0.717) is 19.6 Å². The van der Waals surface area contributed by atoms with E-state index in [9.17, 15) is 9.59 Å². The van der Waals surface area contributed by atoms with E-state index in [2.05, 4.69) is 0 Å². The first-order valence-corrected chi connectivity index (χ1v) is 7.09. The van der Waals surface area contributed by atoms with Crippen molar-refractivity contribution in [1.29, 1.82) is 5.26 Å². The topological polar surface area (TPSA) is 77.0 Å². The maximum atomic E-state index is 12.1. The van der Waals surface area contributed by atoms with Crippen molar-refractivity contribution < 1.29 is 4.74 Å². The molecule has 0 saturated carbocycles. The summed E-state index contributed by atoms with van der Waals surface area (Å²) in [5.41, 5.74) is -0.964. The van der Waals surface area contributed by atoms with E-state index in [0.717, 1.165) is 10.3 Å². The summed E-state index contributed by atoms with van der Waals surface area (Å²) in [4.78, 5) is 24.2. The smallest absolute Gasteiger partial charge is 0.331 e. The Bertz CT molecular complexity index is 785. The molecule has 0 unspecified atom stereocenters. The van der Waals surface area contributed by atoms with Crippen molar-refractivity contribution in [2.45, 2.75) is 26.4 Å². The average molecular weight is 299 g/mol. The lowest BCUT2D eigenvalue weighted by molar-refractivity contribution is 0.299. The molecule has 2 rings (SSSR count). The summed E-state index contributed by atoms with van der Waals surface area (Å²) in [5, 5.41) is 8.97. The summed E-state index contributed by atoms with van der Waals surface area (Å²) in [6.07, 6.45) is 1.81. The van der Waals surface area contributed by atoms with E-state index < -0.39 is 11.2 Å². The molecule has 6 nitrogen and oxygen atoms in total. The highest BCUT2D eigenvalue weighted by atomic mass is 16.5. The molecule has 1 aromatic heterocycles. The number of aromatic nitrogens is 2. The molecule has 0 aliphatic rings. The number of ether oxygens (including phenoxy) is 1. The maximum Gasteiger partial charge on any atom is 0.331 e. The first-order valence-electron chi connectivity index (χ1n) is 7.09. The van der Waals surface area contributed by atoms with Gasteiger partial charge in [0, 0.05) is 19.3 Å². The second kappa shape index (κ2) is 7.27. The van der Waals surface area contributed by atoms with Crippen LogP contribution in [-0.4, -0.2) is 15.7 Å². The molecule has 6 heteroatoms. The van der Waals surface area contributed by atoms with Gasteiger partial charge in [-0.25, -0.2) is 4.79 Å². The summed E-state index contributed by atoms with van der Waals surface area (Å²) in [6, 6.07) is 11.1. The fraction of sp³-hybridized carbons (Fsp3) is 0.312. The predicted octanol–water partition coefficient (Wildman–Crippen LogP) is 1.37. The Balaban J connectivity index is 2.08. The van der Waals surface area contributed by atoms with Crippen LogP contribution in [0.1, 0.15) is 18.9 Å². The van der Waals surface area contributed by atoms with Crippen LogP contribution in [0, 0.1) is 11.3 Å². The normalized spacial score (nSPS) is 10.2. The van der Waals surface area contributed by atoms with Gasteiger partial charge in [-0.3, -0.25) is 13.9 Å². The van der Waals surface area contributed by atoms with Gasteiger partial charge in [-0.15, -0.1) is 0 Å². The molecule has 0 amide bonds. The molecule has 0 aliphatic heterocycles. The molecule has 1 aromatic carbocycles. The molecule has 0 spiro atoms. The van der Waals surface area contributed by atoms with Gasteiger partial charge in [-0.1, -0.05) is 18.2 Å². The van der Waals surface area contributed by atoms with Gasteiger partial charge in [-0.2, -0.15) is 5.26 Å². The van der Waals surface area contributed by atoms with E-state index in [1.165, 1.54) is 10.8 Å². The van der Waals surface area contributed by atoms with Crippen molar-refractivity contribution in [1.82, 2.24) is 9.13 Å². The second-order valence-electron chi connectivity index (χ2n) is 4.70. The lowest BCUT2D eigenvalue weighted by Crippen LogP contribution is -2.41. The van der Waals surface area contributed by atoms with Crippen molar-refractivity contribution in [2.75, 3.05) is 6.61 Å². The highest BCUT2D eigenvalue weighted by Crippen LogP contribution is 2.08. The standard InChI is InChI=1S/C16H17N3O3/c1-2-18-12-13(11-17)15(20)19(16(18)21)9-6-10-22-14-7-4-3-5-8-14/h3-5,7-8,12H,2,6,9-10H2,1H3. The highest BCUT2D eigenvalue weighted by molar-refractivity contribution is 5.22. The van der Waals surface area contributed by atoms with Crippen LogP contribution >= 0.6 is 0 Å². The number of nitriles is 1. The van der Waals surface area contributed by atoms with Crippen LogP contribution in [0.5, 0.6) is 5.75 Å². The SMILES string of the molecule is CCn1cc(C#N)c(=O)n(CCCOc2ccccc2)c1=O. The lowest BCUT2D eigenvalue weighted by Gasteiger charge is -2.10. The van der Waals surface area contributed by atoms with Crippen molar-refractivity contribution >= 4 is 0 Å². The van der Waals surface area contributed by atoms with Gasteiger partial charge < -0.3 is 4.74 Å². The number of nitrogens with zero attached hydrogens (tertiary/aromatic N) is 3. The summed E-state index contributed by atoms with van der Waals surface area (Å²) in [5.74, 6) is 0.742. The third-order valence-electron chi connectivity index (χ3n) is 3.24. The Morgan fingerprint density at radius 2 is 1.95 bits per heavy atom. The quantitative estimate of drug-likeness (QED) is 0.755. The molecule has 1 heterocycles. The van der Waals surface area contributed by atoms with Crippen LogP contribution in [0.3, 0.4) is 0 Å². The minimum Gasteiger partial charge on any atom is -0.494 e. The monoisotopic (exact) mass is 299 g/mol. The van der Waals surface area contributed by atoms with Gasteiger partial charge in [0.15, 0.2) is 0 Å². The summed E-state index contributed by atoms with van der Waals surface area (Å²) >= 11 is 0. The van der Waals surface area contributed by atoms with Crippen LogP contribution in [0.15, 0.2) is 46.1 Å². The van der Waals surface area contributed by atoms with Crippen LogP contribution in [-0.2, 0) is 13.1 Å². The zero-order chi connectivity index (χ0) is 15.9. The third kappa shape index (κ3) is 3.44. The van der Waals surface area contributed by atoms with Gasteiger partial charge >= 0.3 is 5.69 Å². The first kappa shape index (κ1) is 15.6. The van der Waals surface area contributed by atoms with Crippen LogP contribution in [0.25, 0.3) is 0 Å². The number of hydrogen-bond acceptors (Lipinski definition) is 4. The van der Waals surface area contributed by atoms with Gasteiger partial charge in [0.05, 0.1) is 6.61 Å².